The van der Waals surface area contributed by atoms with Gasteiger partial charge in [-0.15, -0.1) is 0 Å². The second kappa shape index (κ2) is 7.28. The number of nitrogens with zero attached hydrogens (tertiary/aromatic N) is 1. The van der Waals surface area contributed by atoms with E-state index in [-0.39, 0.29) is 22.8 Å². The molecule has 4 rings (SSSR count). The zero-order valence-corrected chi connectivity index (χ0v) is 16.0. The van der Waals surface area contributed by atoms with Crippen LogP contribution >= 0.6 is 0 Å². The summed E-state index contributed by atoms with van der Waals surface area (Å²) >= 11 is 0. The first-order valence-electron chi connectivity index (χ1n) is 9.14. The van der Waals surface area contributed by atoms with Crippen LogP contribution in [0, 0.1) is 0 Å². The summed E-state index contributed by atoms with van der Waals surface area (Å²) in [5, 5.41) is 11.4. The van der Waals surface area contributed by atoms with Gasteiger partial charge in [-0.2, -0.15) is 0 Å². The predicted molar refractivity (Wildman–Crippen MR) is 112 cm³/mol. The maximum atomic E-state index is 13.4. The summed E-state index contributed by atoms with van der Waals surface area (Å²) in [7, 11) is 1.30. The number of hydrogen-bond donors (Lipinski definition) is 1. The molecular weight excluding hydrogens is 366 g/mol. The zero-order chi connectivity index (χ0) is 20.5. The first-order chi connectivity index (χ1) is 14.0. The number of methoxy groups -OCH3 is 1. The number of anilines is 1. The molecular formula is C24H19NO4. The van der Waals surface area contributed by atoms with Crippen molar-refractivity contribution in [1.29, 1.82) is 0 Å². The summed E-state index contributed by atoms with van der Waals surface area (Å²) in [5.41, 5.74) is 2.41. The van der Waals surface area contributed by atoms with E-state index in [0.29, 0.717) is 16.9 Å². The van der Waals surface area contributed by atoms with Gasteiger partial charge in [0, 0.05) is 11.1 Å². The van der Waals surface area contributed by atoms with Crippen molar-refractivity contribution in [1.82, 2.24) is 0 Å². The van der Waals surface area contributed by atoms with Gasteiger partial charge in [0.05, 0.1) is 23.9 Å². The summed E-state index contributed by atoms with van der Waals surface area (Å²) in [6, 6.07) is 19.9. The van der Waals surface area contributed by atoms with Crippen LogP contribution in [0.25, 0.3) is 16.8 Å². The number of aromatic hydroxyl groups is 1. The van der Waals surface area contributed by atoms with Gasteiger partial charge in [-0.25, -0.2) is 4.79 Å². The summed E-state index contributed by atoms with van der Waals surface area (Å²) < 4.78 is 4.96. The van der Waals surface area contributed by atoms with Crippen LogP contribution in [0.5, 0.6) is 5.75 Å². The van der Waals surface area contributed by atoms with E-state index in [1.165, 1.54) is 19.2 Å². The quantitative estimate of drug-likeness (QED) is 0.535. The summed E-state index contributed by atoms with van der Waals surface area (Å²) in [5.74, 6) is -0.738. The molecule has 0 atom stereocenters. The van der Waals surface area contributed by atoms with Crippen molar-refractivity contribution in [2.45, 2.75) is 6.92 Å². The molecule has 0 saturated carbocycles. The maximum absolute atomic E-state index is 13.4. The van der Waals surface area contributed by atoms with E-state index in [1.807, 2.05) is 42.5 Å². The van der Waals surface area contributed by atoms with E-state index in [2.05, 4.69) is 0 Å². The highest BCUT2D eigenvalue weighted by Gasteiger charge is 2.38. The van der Waals surface area contributed by atoms with Crippen LogP contribution in [0.15, 0.2) is 83.6 Å². The molecule has 5 heteroatoms. The van der Waals surface area contributed by atoms with Gasteiger partial charge < -0.3 is 9.84 Å². The number of ether oxygens (including phenoxy) is 1. The first kappa shape index (κ1) is 18.5. The highest BCUT2D eigenvalue weighted by molar-refractivity contribution is 6.25. The van der Waals surface area contributed by atoms with Crippen LogP contribution in [-0.4, -0.2) is 24.1 Å². The third-order valence-corrected chi connectivity index (χ3v) is 5.00. The minimum atomic E-state index is -0.566. The minimum Gasteiger partial charge on any atom is -0.508 e. The lowest BCUT2D eigenvalue weighted by molar-refractivity contribution is -0.136. The Bertz CT molecular complexity index is 1180. The van der Waals surface area contributed by atoms with Crippen LogP contribution in [0.3, 0.4) is 0 Å². The van der Waals surface area contributed by atoms with Gasteiger partial charge in [-0.3, -0.25) is 9.69 Å². The van der Waals surface area contributed by atoms with Gasteiger partial charge in [0.1, 0.15) is 5.75 Å². The molecule has 1 N–H and O–H groups in total. The van der Waals surface area contributed by atoms with Gasteiger partial charge in [-0.1, -0.05) is 48.5 Å². The highest BCUT2D eigenvalue weighted by Crippen LogP contribution is 2.38. The van der Waals surface area contributed by atoms with E-state index in [4.69, 9.17) is 4.74 Å². The lowest BCUT2D eigenvalue weighted by Gasteiger charge is -2.20. The van der Waals surface area contributed by atoms with Crippen LogP contribution in [0.4, 0.5) is 5.69 Å². The highest BCUT2D eigenvalue weighted by atomic mass is 16.5. The standard InChI is InChI=1S/C24H19NO4/c1-15-22(24(28)29-2)20(14-16-10-12-18(26)13-11-16)23(27)25(15)21-9-5-7-17-6-3-4-8-19(17)21/h3-14,26H,1-2H3. The molecule has 0 bridgehead atoms. The fourth-order valence-corrected chi connectivity index (χ4v) is 3.61. The third kappa shape index (κ3) is 3.17. The Morgan fingerprint density at radius 2 is 1.69 bits per heavy atom. The van der Waals surface area contributed by atoms with Crippen LogP contribution in [-0.2, 0) is 14.3 Å². The van der Waals surface area contributed by atoms with E-state index < -0.39 is 5.97 Å². The molecule has 0 aliphatic carbocycles. The van der Waals surface area contributed by atoms with Gasteiger partial charge in [0.2, 0.25) is 0 Å². The smallest absolute Gasteiger partial charge is 0.340 e. The fourth-order valence-electron chi connectivity index (χ4n) is 3.61. The molecule has 29 heavy (non-hydrogen) atoms. The molecule has 0 unspecified atom stereocenters. The van der Waals surface area contributed by atoms with Crippen molar-refractivity contribution in [3.05, 3.63) is 89.1 Å². The van der Waals surface area contributed by atoms with Crippen LogP contribution in [0.1, 0.15) is 12.5 Å². The molecule has 1 heterocycles. The lowest BCUT2D eigenvalue weighted by atomic mass is 10.0. The Morgan fingerprint density at radius 1 is 1.00 bits per heavy atom. The largest absolute Gasteiger partial charge is 0.508 e. The molecule has 5 nitrogen and oxygen atoms in total. The molecule has 0 radical (unpaired) electrons. The van der Waals surface area contributed by atoms with Gasteiger partial charge in [0.15, 0.2) is 0 Å². The Morgan fingerprint density at radius 3 is 2.41 bits per heavy atom. The molecule has 1 aliphatic heterocycles. The number of carbonyl (C=O) groups excluding carboxylic acids is 2. The third-order valence-electron chi connectivity index (χ3n) is 5.00. The monoisotopic (exact) mass is 385 g/mol. The minimum absolute atomic E-state index is 0.127. The number of hydrogen-bond acceptors (Lipinski definition) is 4. The summed E-state index contributed by atoms with van der Waals surface area (Å²) in [6.45, 7) is 1.74. The SMILES string of the molecule is COC(=O)C1=C(C)N(c2cccc3ccccc23)C(=O)C1=Cc1ccc(O)cc1. The first-order valence-corrected chi connectivity index (χ1v) is 9.14. The molecule has 0 saturated heterocycles. The molecule has 0 aromatic heterocycles. The Labute approximate surface area is 168 Å². The number of allylic oxidation sites excluding steroid dienone is 1. The van der Waals surface area contributed by atoms with Crippen molar-refractivity contribution in [3.8, 4) is 5.75 Å². The number of phenolic OH excluding ortho intramolecular Hbond substituents is 1. The average Bonchev–Trinajstić information content (AvgIpc) is 2.98. The van der Waals surface area contributed by atoms with Crippen LogP contribution < -0.4 is 4.90 Å². The van der Waals surface area contributed by atoms with E-state index >= 15 is 0 Å². The maximum Gasteiger partial charge on any atom is 0.340 e. The van der Waals surface area contributed by atoms with E-state index in [0.717, 1.165) is 10.8 Å². The van der Waals surface area contributed by atoms with E-state index in [9.17, 15) is 14.7 Å². The Kier molecular flexibility index (Phi) is 4.64. The fraction of sp³-hybridized carbons (Fsp3) is 0.0833. The van der Waals surface area contributed by atoms with Gasteiger partial charge >= 0.3 is 5.97 Å². The number of phenols is 1. The van der Waals surface area contributed by atoms with Crippen molar-refractivity contribution in [3.63, 3.8) is 0 Å². The molecule has 0 spiro atoms. The van der Waals surface area contributed by atoms with Crippen molar-refractivity contribution in [2.24, 2.45) is 0 Å². The zero-order valence-electron chi connectivity index (χ0n) is 16.0. The molecule has 3 aromatic rings. The Hall–Kier alpha value is -3.86. The number of carbonyl (C=O) groups is 2. The van der Waals surface area contributed by atoms with Gasteiger partial charge in [0.25, 0.3) is 5.91 Å². The molecule has 3 aromatic carbocycles. The second-order valence-corrected chi connectivity index (χ2v) is 6.74. The molecule has 1 aliphatic rings. The number of esters is 1. The van der Waals surface area contributed by atoms with Crippen LogP contribution in [0.2, 0.25) is 0 Å². The number of benzene rings is 3. The number of rotatable bonds is 3. The molecule has 0 fully saturated rings. The Balaban J connectivity index is 1.90. The molecule has 1 amide bonds. The van der Waals surface area contributed by atoms with E-state index in [1.54, 1.807) is 30.0 Å². The number of fused-ring (bicyclic) bond motifs is 1. The summed E-state index contributed by atoms with van der Waals surface area (Å²) in [4.78, 5) is 27.5. The van der Waals surface area contributed by atoms with Crippen molar-refractivity contribution >= 4 is 34.4 Å². The topological polar surface area (TPSA) is 66.8 Å². The predicted octanol–water partition coefficient (Wildman–Crippen LogP) is 4.42. The normalized spacial score (nSPS) is 15.4. The second-order valence-electron chi connectivity index (χ2n) is 6.74. The number of amides is 1. The summed E-state index contributed by atoms with van der Waals surface area (Å²) in [6.07, 6.45) is 1.64. The lowest BCUT2D eigenvalue weighted by Crippen LogP contribution is -2.24. The van der Waals surface area contributed by atoms with Crippen molar-refractivity contribution < 1.29 is 19.4 Å². The van der Waals surface area contributed by atoms with Gasteiger partial charge in [-0.05, 0) is 42.1 Å². The van der Waals surface area contributed by atoms with Crippen molar-refractivity contribution in [2.75, 3.05) is 12.0 Å². The average molecular weight is 385 g/mol. The molecule has 144 valence electrons.